The fraction of sp³-hybridized carbons (Fsp3) is 0.375. The number of hydrogen-bond acceptors (Lipinski definition) is 2. The van der Waals surface area contributed by atoms with E-state index < -0.39 is 11.7 Å². The minimum absolute atomic E-state index is 0.0679. The second-order valence-electron chi connectivity index (χ2n) is 5.56. The van der Waals surface area contributed by atoms with Gasteiger partial charge in [-0.3, -0.25) is 9.79 Å². The summed E-state index contributed by atoms with van der Waals surface area (Å²) in [5.41, 5.74) is 0.958. The van der Waals surface area contributed by atoms with E-state index >= 15 is 0 Å². The van der Waals surface area contributed by atoms with Crippen LogP contribution in [0, 0.1) is 5.41 Å². The van der Waals surface area contributed by atoms with Crippen LogP contribution >= 0.6 is 0 Å². The highest BCUT2D eigenvalue weighted by atomic mass is 19.2. The zero-order valence-corrected chi connectivity index (χ0v) is 12.0. The zero-order valence-electron chi connectivity index (χ0n) is 12.0. The van der Waals surface area contributed by atoms with Crippen molar-refractivity contribution in [2.45, 2.75) is 33.6 Å². The first kappa shape index (κ1) is 16.2. The lowest BCUT2D eigenvalue weighted by molar-refractivity contribution is -0.118. The number of carbonyl (C=O) groups excluding carboxylic acids is 1. The molecule has 1 rings (SSSR count). The smallest absolute Gasteiger partial charge is 0.176 e. The third-order valence-corrected chi connectivity index (χ3v) is 2.95. The minimum Gasteiger partial charge on any atom is -0.294 e. The fourth-order valence-electron chi connectivity index (χ4n) is 2.09. The van der Waals surface area contributed by atoms with Gasteiger partial charge in [-0.05, 0) is 30.4 Å². The molecular formula is C16H19F2NO. The normalized spacial score (nSPS) is 22.9. The molecule has 0 bridgehead atoms. The molecule has 0 aromatic rings. The van der Waals surface area contributed by atoms with Gasteiger partial charge in [0.15, 0.2) is 17.4 Å². The molecule has 0 aromatic heterocycles. The molecular weight excluding hydrogens is 260 g/mol. The highest BCUT2D eigenvalue weighted by Crippen LogP contribution is 2.38. The first-order valence-electron chi connectivity index (χ1n) is 6.39. The third kappa shape index (κ3) is 4.37. The number of rotatable bonds is 3. The Kier molecular flexibility index (Phi) is 5.31. The van der Waals surface area contributed by atoms with Gasteiger partial charge in [0, 0.05) is 18.2 Å². The molecule has 0 aromatic carbocycles. The highest BCUT2D eigenvalue weighted by molar-refractivity contribution is 6.01. The number of Topliss-reactive ketones (excluding diaryl/α,β-unsaturated/α-hetero) is 1. The Morgan fingerprint density at radius 1 is 1.30 bits per heavy atom. The van der Waals surface area contributed by atoms with Crippen LogP contribution < -0.4 is 0 Å². The van der Waals surface area contributed by atoms with Crippen LogP contribution in [0.4, 0.5) is 8.78 Å². The summed E-state index contributed by atoms with van der Waals surface area (Å²) in [7, 11) is 0. The monoisotopic (exact) mass is 279 g/mol. The van der Waals surface area contributed by atoms with Gasteiger partial charge in [-0.25, -0.2) is 8.78 Å². The van der Waals surface area contributed by atoms with Crippen molar-refractivity contribution in [3.63, 3.8) is 0 Å². The molecule has 0 spiro atoms. The lowest BCUT2D eigenvalue weighted by atomic mass is 9.73. The number of allylic oxidation sites excluding steroid dienone is 6. The Hall–Kier alpha value is -1.84. The van der Waals surface area contributed by atoms with Crippen LogP contribution in [0.1, 0.15) is 33.6 Å². The number of nitrogens with zero attached hydrogens (tertiary/aromatic N) is 1. The molecule has 0 heterocycles. The van der Waals surface area contributed by atoms with Gasteiger partial charge in [-0.15, -0.1) is 0 Å². The summed E-state index contributed by atoms with van der Waals surface area (Å²) in [5, 5.41) is 0. The van der Waals surface area contributed by atoms with Crippen LogP contribution in [0.15, 0.2) is 52.7 Å². The van der Waals surface area contributed by atoms with Gasteiger partial charge in [0.25, 0.3) is 0 Å². The summed E-state index contributed by atoms with van der Waals surface area (Å²) >= 11 is 0. The maximum atomic E-state index is 13.2. The average molecular weight is 279 g/mol. The molecule has 20 heavy (non-hydrogen) atoms. The Morgan fingerprint density at radius 3 is 2.50 bits per heavy atom. The van der Waals surface area contributed by atoms with E-state index in [4.69, 9.17) is 0 Å². The van der Waals surface area contributed by atoms with E-state index in [1.54, 1.807) is 6.92 Å². The van der Waals surface area contributed by atoms with Crippen LogP contribution in [0.5, 0.6) is 0 Å². The van der Waals surface area contributed by atoms with Gasteiger partial charge < -0.3 is 0 Å². The molecule has 0 radical (unpaired) electrons. The molecule has 4 heteroatoms. The van der Waals surface area contributed by atoms with E-state index in [2.05, 4.69) is 11.6 Å². The van der Waals surface area contributed by atoms with Crippen LogP contribution in [-0.4, -0.2) is 12.0 Å². The Morgan fingerprint density at radius 2 is 1.95 bits per heavy atom. The third-order valence-electron chi connectivity index (χ3n) is 2.95. The zero-order chi connectivity index (χ0) is 15.3. The molecule has 1 saturated carbocycles. The molecule has 1 aliphatic rings. The largest absolute Gasteiger partial charge is 0.294 e. The first-order valence-corrected chi connectivity index (χ1v) is 6.39. The van der Waals surface area contributed by atoms with Crippen molar-refractivity contribution in [3.8, 4) is 0 Å². The summed E-state index contributed by atoms with van der Waals surface area (Å²) < 4.78 is 26.3. The van der Waals surface area contributed by atoms with Crippen molar-refractivity contribution in [1.29, 1.82) is 0 Å². The van der Waals surface area contributed by atoms with E-state index in [0.717, 1.165) is 12.3 Å². The maximum absolute atomic E-state index is 13.2. The van der Waals surface area contributed by atoms with Crippen LogP contribution in [-0.2, 0) is 4.79 Å². The van der Waals surface area contributed by atoms with Gasteiger partial charge in [0.05, 0.1) is 6.21 Å². The number of hydrogen-bond donors (Lipinski definition) is 0. The first-order chi connectivity index (χ1) is 9.26. The Labute approximate surface area is 118 Å². The lowest BCUT2D eigenvalue weighted by Crippen LogP contribution is -2.25. The second-order valence-corrected chi connectivity index (χ2v) is 5.56. The van der Waals surface area contributed by atoms with E-state index in [1.807, 2.05) is 13.8 Å². The predicted molar refractivity (Wildman–Crippen MR) is 77.8 cm³/mol. The summed E-state index contributed by atoms with van der Waals surface area (Å²) in [6.07, 6.45) is 5.48. The van der Waals surface area contributed by atoms with Crippen LogP contribution in [0.25, 0.3) is 0 Å². The molecule has 0 atom stereocenters. The van der Waals surface area contributed by atoms with Gasteiger partial charge in [-0.2, -0.15) is 0 Å². The van der Waals surface area contributed by atoms with Crippen LogP contribution in [0.3, 0.4) is 0 Å². The number of aliphatic imine (C=N–C) groups is 1. The summed E-state index contributed by atoms with van der Waals surface area (Å²) in [6, 6.07) is 0. The van der Waals surface area contributed by atoms with Crippen molar-refractivity contribution in [1.82, 2.24) is 0 Å². The molecule has 1 fully saturated rings. The standard InChI is InChI=1S/C16H19F2NO/c1-5-6-13(17)14(18)10-19-9-12-11(2)7-16(3,4)8-15(12)20/h5-6,9-10H,2,7-8H2,1,3-4H3/b6-5-,12-9-,14-13-,19-10+. The predicted octanol–water partition coefficient (Wildman–Crippen LogP) is 4.61. The summed E-state index contributed by atoms with van der Waals surface area (Å²) in [6.45, 7) is 9.41. The van der Waals surface area contributed by atoms with E-state index in [0.29, 0.717) is 24.0 Å². The van der Waals surface area contributed by atoms with Crippen molar-refractivity contribution >= 4 is 12.0 Å². The fourth-order valence-corrected chi connectivity index (χ4v) is 2.09. The average Bonchev–Trinajstić information content (AvgIpc) is 2.31. The highest BCUT2D eigenvalue weighted by Gasteiger charge is 2.31. The molecule has 108 valence electrons. The molecule has 2 nitrogen and oxygen atoms in total. The number of ketones is 1. The molecule has 0 unspecified atom stereocenters. The molecule has 0 aliphatic heterocycles. The molecule has 0 saturated heterocycles. The minimum atomic E-state index is -1.07. The summed E-state index contributed by atoms with van der Waals surface area (Å²) in [4.78, 5) is 15.6. The molecule has 0 N–H and O–H groups in total. The number of carbonyl (C=O) groups is 1. The quantitative estimate of drug-likeness (QED) is 0.421. The Balaban J connectivity index is 2.89. The lowest BCUT2D eigenvalue weighted by Gasteiger charge is -2.30. The van der Waals surface area contributed by atoms with Crippen molar-refractivity contribution in [2.75, 3.05) is 0 Å². The van der Waals surface area contributed by atoms with Gasteiger partial charge in [-0.1, -0.05) is 26.5 Å². The molecule has 0 amide bonds. The van der Waals surface area contributed by atoms with Gasteiger partial charge in [0.2, 0.25) is 0 Å². The van der Waals surface area contributed by atoms with Gasteiger partial charge in [0.1, 0.15) is 0 Å². The van der Waals surface area contributed by atoms with Crippen molar-refractivity contribution in [2.24, 2.45) is 10.4 Å². The van der Waals surface area contributed by atoms with Crippen molar-refractivity contribution in [3.05, 3.63) is 47.7 Å². The van der Waals surface area contributed by atoms with Crippen molar-refractivity contribution < 1.29 is 13.6 Å². The van der Waals surface area contributed by atoms with Crippen LogP contribution in [0.2, 0.25) is 0 Å². The molecule has 1 aliphatic carbocycles. The summed E-state index contributed by atoms with van der Waals surface area (Å²) in [5.74, 6) is -2.14. The van der Waals surface area contributed by atoms with E-state index in [-0.39, 0.29) is 11.2 Å². The second kappa shape index (κ2) is 6.55. The van der Waals surface area contributed by atoms with Gasteiger partial charge >= 0.3 is 0 Å². The SMILES string of the molecule is C=C1CC(C)(C)CC(=O)\C1=C/N=C/C(F)=C(F)\C=C/C. The number of halogens is 2. The topological polar surface area (TPSA) is 29.4 Å². The van der Waals surface area contributed by atoms with E-state index in [1.165, 1.54) is 12.3 Å². The Bertz CT molecular complexity index is 515. The maximum Gasteiger partial charge on any atom is 0.176 e. The van der Waals surface area contributed by atoms with E-state index in [9.17, 15) is 13.6 Å².